The number of hydrogen-bond donors (Lipinski definition) is 2. The minimum absolute atomic E-state index is 0.0856. The van der Waals surface area contributed by atoms with Gasteiger partial charge < -0.3 is 5.32 Å². The van der Waals surface area contributed by atoms with E-state index in [2.05, 4.69) is 20.6 Å². The molecule has 0 radical (unpaired) electrons. The molecular formula is C21H17F3N6OS. The molecule has 4 aromatic rings. The Balaban J connectivity index is 1.50. The standard InChI is InChI=1S/C21H17F3N6OS/c1-13-3-2-4-14(11-13)19-27-28-20(32)29(19)12-18(31)26-15-5-7-16(8-6-15)30-17(9-10-25-30)21(22,23)24/h2-11H,12H2,1H3,(H,26,31)(H,28,32). The molecule has 32 heavy (non-hydrogen) atoms. The lowest BCUT2D eigenvalue weighted by atomic mass is 10.1. The van der Waals surface area contributed by atoms with Crippen LogP contribution in [-0.2, 0) is 17.5 Å². The number of rotatable bonds is 5. The Labute approximate surface area is 185 Å². The van der Waals surface area contributed by atoms with E-state index in [1.54, 1.807) is 4.57 Å². The third-order valence-electron chi connectivity index (χ3n) is 4.67. The van der Waals surface area contributed by atoms with Crippen molar-refractivity contribution in [2.75, 3.05) is 5.32 Å². The van der Waals surface area contributed by atoms with Gasteiger partial charge in [-0.3, -0.25) is 14.5 Å². The van der Waals surface area contributed by atoms with Crippen LogP contribution >= 0.6 is 12.2 Å². The number of carbonyl (C=O) groups excluding carboxylic acids is 1. The largest absolute Gasteiger partial charge is 0.433 e. The molecule has 0 unspecified atom stereocenters. The van der Waals surface area contributed by atoms with Gasteiger partial charge in [0.15, 0.2) is 10.6 Å². The molecule has 0 atom stereocenters. The summed E-state index contributed by atoms with van der Waals surface area (Å²) in [6, 6.07) is 14.4. The molecule has 0 saturated carbocycles. The van der Waals surface area contributed by atoms with E-state index in [9.17, 15) is 18.0 Å². The van der Waals surface area contributed by atoms with Crippen LogP contribution in [0.2, 0.25) is 0 Å². The lowest BCUT2D eigenvalue weighted by molar-refractivity contribution is -0.142. The summed E-state index contributed by atoms with van der Waals surface area (Å²) in [6.07, 6.45) is -3.44. The van der Waals surface area contributed by atoms with Gasteiger partial charge in [0.05, 0.1) is 11.9 Å². The van der Waals surface area contributed by atoms with Crippen molar-refractivity contribution in [2.24, 2.45) is 0 Å². The number of nitrogens with zero attached hydrogens (tertiary/aromatic N) is 4. The van der Waals surface area contributed by atoms with Crippen LogP contribution in [0.4, 0.5) is 18.9 Å². The molecule has 164 valence electrons. The van der Waals surface area contributed by atoms with Crippen molar-refractivity contribution in [1.82, 2.24) is 24.5 Å². The quantitative estimate of drug-likeness (QED) is 0.423. The second-order valence-corrected chi connectivity index (χ2v) is 7.42. The van der Waals surface area contributed by atoms with Crippen molar-refractivity contribution in [2.45, 2.75) is 19.6 Å². The maximum Gasteiger partial charge on any atom is 0.433 e. The summed E-state index contributed by atoms with van der Waals surface area (Å²) in [4.78, 5) is 12.6. The van der Waals surface area contributed by atoms with Crippen LogP contribution < -0.4 is 5.32 Å². The Hall–Kier alpha value is -3.73. The third kappa shape index (κ3) is 4.47. The molecule has 7 nitrogen and oxygen atoms in total. The van der Waals surface area contributed by atoms with Gasteiger partial charge in [-0.15, -0.1) is 0 Å². The highest BCUT2D eigenvalue weighted by Crippen LogP contribution is 2.30. The summed E-state index contributed by atoms with van der Waals surface area (Å²) in [7, 11) is 0. The van der Waals surface area contributed by atoms with Gasteiger partial charge in [-0.1, -0.05) is 23.8 Å². The molecule has 0 fully saturated rings. The average Bonchev–Trinajstić information content (AvgIpc) is 3.36. The van der Waals surface area contributed by atoms with E-state index in [0.717, 1.165) is 28.1 Å². The lowest BCUT2D eigenvalue weighted by Gasteiger charge is -2.12. The molecule has 2 heterocycles. The van der Waals surface area contributed by atoms with E-state index in [4.69, 9.17) is 12.2 Å². The Bertz CT molecular complexity index is 1320. The molecule has 1 amide bonds. The van der Waals surface area contributed by atoms with Gasteiger partial charge in [0.2, 0.25) is 5.91 Å². The lowest BCUT2D eigenvalue weighted by Crippen LogP contribution is -2.19. The zero-order chi connectivity index (χ0) is 22.9. The monoisotopic (exact) mass is 458 g/mol. The van der Waals surface area contributed by atoms with E-state index in [0.29, 0.717) is 16.3 Å². The predicted molar refractivity (Wildman–Crippen MR) is 115 cm³/mol. The molecule has 4 rings (SSSR count). The van der Waals surface area contributed by atoms with Crippen LogP contribution in [0.25, 0.3) is 17.1 Å². The van der Waals surface area contributed by atoms with Crippen LogP contribution in [0.15, 0.2) is 60.8 Å². The third-order valence-corrected chi connectivity index (χ3v) is 4.98. The summed E-state index contributed by atoms with van der Waals surface area (Å²) in [5.74, 6) is 0.168. The van der Waals surface area contributed by atoms with Crippen molar-refractivity contribution < 1.29 is 18.0 Å². The first-order valence-electron chi connectivity index (χ1n) is 9.46. The number of carbonyl (C=O) groups is 1. The first-order valence-corrected chi connectivity index (χ1v) is 9.87. The van der Waals surface area contributed by atoms with E-state index in [1.165, 1.54) is 24.3 Å². The van der Waals surface area contributed by atoms with Crippen LogP contribution in [0.5, 0.6) is 0 Å². The highest BCUT2D eigenvalue weighted by Gasteiger charge is 2.35. The maximum absolute atomic E-state index is 13.1. The van der Waals surface area contributed by atoms with E-state index < -0.39 is 11.9 Å². The fourth-order valence-electron chi connectivity index (χ4n) is 3.22. The number of aromatic amines is 1. The van der Waals surface area contributed by atoms with Crippen molar-refractivity contribution in [3.63, 3.8) is 0 Å². The summed E-state index contributed by atoms with van der Waals surface area (Å²) < 4.78 is 41.9. The van der Waals surface area contributed by atoms with Gasteiger partial charge in [0, 0.05) is 11.3 Å². The van der Waals surface area contributed by atoms with Crippen LogP contribution in [0.3, 0.4) is 0 Å². The Morgan fingerprint density at radius 3 is 2.59 bits per heavy atom. The van der Waals surface area contributed by atoms with Gasteiger partial charge in [0.1, 0.15) is 12.2 Å². The van der Waals surface area contributed by atoms with Crippen molar-refractivity contribution >= 4 is 23.8 Å². The molecule has 2 N–H and O–H groups in total. The fourth-order valence-corrected chi connectivity index (χ4v) is 3.42. The molecule has 0 saturated heterocycles. The molecule has 2 aromatic carbocycles. The second kappa shape index (κ2) is 8.42. The zero-order valence-electron chi connectivity index (χ0n) is 16.7. The number of hydrogen-bond acceptors (Lipinski definition) is 4. The van der Waals surface area contributed by atoms with Gasteiger partial charge in [-0.05, 0) is 55.5 Å². The number of halogens is 3. The Morgan fingerprint density at radius 2 is 1.91 bits per heavy atom. The maximum atomic E-state index is 13.1. The summed E-state index contributed by atoms with van der Waals surface area (Å²) in [5.41, 5.74) is 1.62. The Morgan fingerprint density at radius 1 is 1.16 bits per heavy atom. The summed E-state index contributed by atoms with van der Waals surface area (Å²) >= 11 is 5.26. The minimum atomic E-state index is -4.53. The van der Waals surface area contributed by atoms with Crippen LogP contribution in [0, 0.1) is 11.7 Å². The number of aromatic nitrogens is 5. The van der Waals surface area contributed by atoms with E-state index in [1.807, 2.05) is 31.2 Å². The normalized spacial score (nSPS) is 11.5. The van der Waals surface area contributed by atoms with Crippen LogP contribution in [0.1, 0.15) is 11.3 Å². The van der Waals surface area contributed by atoms with Crippen LogP contribution in [-0.4, -0.2) is 30.5 Å². The smallest absolute Gasteiger partial charge is 0.325 e. The second-order valence-electron chi connectivity index (χ2n) is 7.03. The van der Waals surface area contributed by atoms with Crippen molar-refractivity contribution in [3.8, 4) is 17.1 Å². The molecule has 2 aromatic heterocycles. The predicted octanol–water partition coefficient (Wildman–Crippen LogP) is 4.76. The number of H-pyrrole nitrogens is 1. The highest BCUT2D eigenvalue weighted by atomic mass is 32.1. The van der Waals surface area contributed by atoms with Crippen molar-refractivity contribution in [3.05, 3.63) is 76.8 Å². The molecule has 0 aliphatic carbocycles. The van der Waals surface area contributed by atoms with Gasteiger partial charge in [-0.2, -0.15) is 23.4 Å². The molecule has 0 aliphatic rings. The van der Waals surface area contributed by atoms with E-state index >= 15 is 0 Å². The van der Waals surface area contributed by atoms with Gasteiger partial charge in [-0.25, -0.2) is 4.68 Å². The summed E-state index contributed by atoms with van der Waals surface area (Å²) in [5, 5.41) is 13.4. The van der Waals surface area contributed by atoms with Gasteiger partial charge >= 0.3 is 6.18 Å². The average molecular weight is 458 g/mol. The zero-order valence-corrected chi connectivity index (χ0v) is 17.5. The number of benzene rings is 2. The van der Waals surface area contributed by atoms with Crippen molar-refractivity contribution in [1.29, 1.82) is 0 Å². The molecule has 0 bridgehead atoms. The minimum Gasteiger partial charge on any atom is -0.325 e. The topological polar surface area (TPSA) is 80.5 Å². The number of amides is 1. The first-order chi connectivity index (χ1) is 15.2. The number of alkyl halides is 3. The first kappa shape index (κ1) is 21.5. The number of nitrogens with one attached hydrogen (secondary N) is 2. The molecule has 11 heteroatoms. The SMILES string of the molecule is Cc1cccc(-c2n[nH]c(=S)n2CC(=O)Nc2ccc(-n3nccc3C(F)(F)F)cc2)c1. The highest BCUT2D eigenvalue weighted by molar-refractivity contribution is 7.71. The molecule has 0 spiro atoms. The Kier molecular flexibility index (Phi) is 5.66. The fraction of sp³-hybridized carbons (Fsp3) is 0.143. The number of anilines is 1. The van der Waals surface area contributed by atoms with E-state index in [-0.39, 0.29) is 18.1 Å². The number of aryl methyl sites for hydroxylation is 1. The molecular weight excluding hydrogens is 441 g/mol. The summed E-state index contributed by atoms with van der Waals surface area (Å²) in [6.45, 7) is 1.87. The van der Waals surface area contributed by atoms with Gasteiger partial charge in [0.25, 0.3) is 0 Å². The molecule has 0 aliphatic heterocycles.